The van der Waals surface area contributed by atoms with Crippen LogP contribution in [0.4, 0.5) is 0 Å². The van der Waals surface area contributed by atoms with E-state index in [0.29, 0.717) is 12.2 Å². The van der Waals surface area contributed by atoms with Gasteiger partial charge in [-0.15, -0.1) is 0 Å². The average Bonchev–Trinajstić information content (AvgIpc) is 1.97. The molecule has 0 aromatic rings. The number of carbonyl (C=O) groups is 1. The van der Waals surface area contributed by atoms with Crippen LogP contribution >= 0.6 is 0 Å². The van der Waals surface area contributed by atoms with Gasteiger partial charge in [0.15, 0.2) is 0 Å². The van der Waals surface area contributed by atoms with Crippen molar-refractivity contribution in [1.29, 1.82) is 0 Å². The van der Waals surface area contributed by atoms with Crippen LogP contribution in [0.25, 0.3) is 0 Å². The predicted octanol–water partition coefficient (Wildman–Crippen LogP) is 2.73. The maximum atomic E-state index is 12.1. The SMILES string of the molecule is C[C@@H]1CC(=O)C2C(C)(C)CC=C[C@@]2(C)O1. The molecule has 2 aliphatic rings. The minimum absolute atomic E-state index is 0.0196. The van der Waals surface area contributed by atoms with E-state index in [2.05, 4.69) is 26.0 Å². The monoisotopic (exact) mass is 208 g/mol. The molecule has 0 spiro atoms. The first-order valence-electron chi connectivity index (χ1n) is 5.73. The van der Waals surface area contributed by atoms with Crippen LogP contribution in [0.1, 0.15) is 40.5 Å². The molecule has 0 amide bonds. The second-order valence-electron chi connectivity index (χ2n) is 5.81. The number of Topliss-reactive ketones (excluding diaryl/α,β-unsaturated/α-hetero) is 1. The summed E-state index contributed by atoms with van der Waals surface area (Å²) in [5.74, 6) is 0.386. The lowest BCUT2D eigenvalue weighted by atomic mass is 9.61. The lowest BCUT2D eigenvalue weighted by Gasteiger charge is -2.50. The van der Waals surface area contributed by atoms with Crippen LogP contribution in [0.2, 0.25) is 0 Å². The van der Waals surface area contributed by atoms with Crippen LogP contribution in [0.15, 0.2) is 12.2 Å². The largest absolute Gasteiger partial charge is 0.367 e. The first-order chi connectivity index (χ1) is 6.85. The molecule has 0 aromatic heterocycles. The molecule has 0 radical (unpaired) electrons. The molecule has 0 N–H and O–H groups in total. The van der Waals surface area contributed by atoms with Crippen molar-refractivity contribution in [2.45, 2.75) is 52.2 Å². The Morgan fingerprint density at radius 1 is 1.40 bits per heavy atom. The van der Waals surface area contributed by atoms with E-state index in [-0.39, 0.29) is 23.0 Å². The van der Waals surface area contributed by atoms with Gasteiger partial charge in [-0.1, -0.05) is 26.0 Å². The fourth-order valence-electron chi connectivity index (χ4n) is 3.33. The number of fused-ring (bicyclic) bond motifs is 1. The minimum Gasteiger partial charge on any atom is -0.367 e. The lowest BCUT2D eigenvalue weighted by Crippen LogP contribution is -2.55. The smallest absolute Gasteiger partial charge is 0.142 e. The van der Waals surface area contributed by atoms with E-state index < -0.39 is 0 Å². The normalized spacial score (nSPS) is 43.9. The number of hydrogen-bond acceptors (Lipinski definition) is 2. The van der Waals surface area contributed by atoms with E-state index in [1.54, 1.807) is 0 Å². The predicted molar refractivity (Wildman–Crippen MR) is 59.6 cm³/mol. The highest BCUT2D eigenvalue weighted by Gasteiger charge is 2.52. The van der Waals surface area contributed by atoms with Gasteiger partial charge in [-0.3, -0.25) is 4.79 Å². The van der Waals surface area contributed by atoms with Crippen molar-refractivity contribution in [3.8, 4) is 0 Å². The molecule has 1 unspecified atom stereocenters. The topological polar surface area (TPSA) is 26.3 Å². The van der Waals surface area contributed by atoms with Crippen molar-refractivity contribution in [2.24, 2.45) is 11.3 Å². The second kappa shape index (κ2) is 3.18. The molecule has 2 nitrogen and oxygen atoms in total. The first kappa shape index (κ1) is 10.9. The average molecular weight is 208 g/mol. The van der Waals surface area contributed by atoms with Gasteiger partial charge in [-0.2, -0.15) is 0 Å². The molecule has 0 saturated carbocycles. The Morgan fingerprint density at radius 3 is 2.73 bits per heavy atom. The van der Waals surface area contributed by atoms with E-state index in [1.165, 1.54) is 0 Å². The van der Waals surface area contributed by atoms with E-state index in [4.69, 9.17) is 4.74 Å². The van der Waals surface area contributed by atoms with E-state index in [1.807, 2.05) is 13.8 Å². The summed E-state index contributed by atoms with van der Waals surface area (Å²) in [7, 11) is 0. The first-order valence-corrected chi connectivity index (χ1v) is 5.73. The van der Waals surface area contributed by atoms with Crippen molar-refractivity contribution in [1.82, 2.24) is 0 Å². The van der Waals surface area contributed by atoms with Gasteiger partial charge in [-0.05, 0) is 25.7 Å². The summed E-state index contributed by atoms with van der Waals surface area (Å²) >= 11 is 0. The number of ether oxygens (including phenoxy) is 1. The van der Waals surface area contributed by atoms with Gasteiger partial charge in [0, 0.05) is 6.42 Å². The van der Waals surface area contributed by atoms with Crippen LogP contribution in [-0.4, -0.2) is 17.5 Å². The Hall–Kier alpha value is -0.630. The highest BCUT2D eigenvalue weighted by Crippen LogP contribution is 2.48. The Kier molecular flexibility index (Phi) is 2.30. The Labute approximate surface area is 91.7 Å². The zero-order valence-corrected chi connectivity index (χ0v) is 10.0. The van der Waals surface area contributed by atoms with Gasteiger partial charge >= 0.3 is 0 Å². The molecule has 2 heteroatoms. The number of rotatable bonds is 0. The molecule has 0 aromatic carbocycles. The van der Waals surface area contributed by atoms with Crippen molar-refractivity contribution < 1.29 is 9.53 Å². The quantitative estimate of drug-likeness (QED) is 0.572. The van der Waals surface area contributed by atoms with Gasteiger partial charge in [-0.25, -0.2) is 0 Å². The fraction of sp³-hybridized carbons (Fsp3) is 0.769. The van der Waals surface area contributed by atoms with E-state index in [9.17, 15) is 4.79 Å². The summed E-state index contributed by atoms with van der Waals surface area (Å²) < 4.78 is 5.98. The summed E-state index contributed by atoms with van der Waals surface area (Å²) in [6, 6.07) is 0. The maximum Gasteiger partial charge on any atom is 0.142 e. The molecule has 2 rings (SSSR count). The van der Waals surface area contributed by atoms with Gasteiger partial charge in [0.25, 0.3) is 0 Å². The number of allylic oxidation sites excluding steroid dienone is 1. The third-order valence-electron chi connectivity index (χ3n) is 3.71. The summed E-state index contributed by atoms with van der Waals surface area (Å²) in [5, 5.41) is 0. The van der Waals surface area contributed by atoms with Crippen molar-refractivity contribution in [3.63, 3.8) is 0 Å². The minimum atomic E-state index is -0.378. The molecule has 1 aliphatic heterocycles. The molecule has 1 aliphatic carbocycles. The van der Waals surface area contributed by atoms with Crippen LogP contribution in [0.3, 0.4) is 0 Å². The van der Waals surface area contributed by atoms with Gasteiger partial charge in [0.1, 0.15) is 5.78 Å². The van der Waals surface area contributed by atoms with E-state index in [0.717, 1.165) is 6.42 Å². The summed E-state index contributed by atoms with van der Waals surface area (Å²) in [4.78, 5) is 12.1. The Balaban J connectivity index is 2.41. The summed E-state index contributed by atoms with van der Waals surface area (Å²) in [6.45, 7) is 8.35. The van der Waals surface area contributed by atoms with Gasteiger partial charge < -0.3 is 4.74 Å². The zero-order chi connectivity index (χ0) is 11.3. The molecule has 84 valence electrons. The number of ketones is 1. The third kappa shape index (κ3) is 1.65. The van der Waals surface area contributed by atoms with Crippen LogP contribution in [0, 0.1) is 11.3 Å². The molecular formula is C13H20O2. The Bertz CT molecular complexity index is 316. The third-order valence-corrected chi connectivity index (χ3v) is 3.71. The highest BCUT2D eigenvalue weighted by atomic mass is 16.5. The lowest BCUT2D eigenvalue weighted by molar-refractivity contribution is -0.170. The maximum absolute atomic E-state index is 12.1. The molecule has 15 heavy (non-hydrogen) atoms. The number of hydrogen-bond donors (Lipinski definition) is 0. The molecule has 0 bridgehead atoms. The van der Waals surface area contributed by atoms with Crippen molar-refractivity contribution in [3.05, 3.63) is 12.2 Å². The van der Waals surface area contributed by atoms with Crippen molar-refractivity contribution in [2.75, 3.05) is 0 Å². The highest BCUT2D eigenvalue weighted by molar-refractivity contribution is 5.84. The summed E-state index contributed by atoms with van der Waals surface area (Å²) in [5.41, 5.74) is -0.350. The summed E-state index contributed by atoms with van der Waals surface area (Å²) in [6.07, 6.45) is 5.82. The molecule has 1 heterocycles. The number of carbonyl (C=O) groups excluding carboxylic acids is 1. The van der Waals surface area contributed by atoms with E-state index >= 15 is 0 Å². The molecule has 3 atom stereocenters. The van der Waals surface area contributed by atoms with Crippen LogP contribution in [-0.2, 0) is 9.53 Å². The zero-order valence-electron chi connectivity index (χ0n) is 10.0. The standard InChI is InChI=1S/C13H20O2/c1-9-8-10(14)11-12(2,3)6-5-7-13(11,4)15-9/h5,7,9,11H,6,8H2,1-4H3/t9-,11?,13-/m1/s1. The second-order valence-corrected chi connectivity index (χ2v) is 5.81. The van der Waals surface area contributed by atoms with Crippen molar-refractivity contribution >= 4 is 5.78 Å². The van der Waals surface area contributed by atoms with Crippen LogP contribution < -0.4 is 0 Å². The molecule has 1 saturated heterocycles. The fourth-order valence-corrected chi connectivity index (χ4v) is 3.33. The van der Waals surface area contributed by atoms with Gasteiger partial charge in [0.05, 0.1) is 17.6 Å². The molecule has 1 fully saturated rings. The Morgan fingerprint density at radius 2 is 2.07 bits per heavy atom. The van der Waals surface area contributed by atoms with Crippen LogP contribution in [0.5, 0.6) is 0 Å². The molecular weight excluding hydrogens is 188 g/mol. The van der Waals surface area contributed by atoms with Gasteiger partial charge in [0.2, 0.25) is 0 Å².